The topological polar surface area (TPSA) is 47.6 Å². The first kappa shape index (κ1) is 20.9. The van der Waals surface area contributed by atoms with Crippen molar-refractivity contribution in [2.75, 3.05) is 19.5 Å². The van der Waals surface area contributed by atoms with E-state index in [9.17, 15) is 4.79 Å². The van der Waals surface area contributed by atoms with Gasteiger partial charge in [-0.1, -0.05) is 0 Å². The van der Waals surface area contributed by atoms with Crippen molar-refractivity contribution < 1.29 is 14.3 Å². The number of carbonyl (C=O) groups excluding carboxylic acids is 1. The molecule has 3 aromatic rings. The van der Waals surface area contributed by atoms with Crippen LogP contribution in [0.4, 0.5) is 5.69 Å². The van der Waals surface area contributed by atoms with E-state index < -0.39 is 28.9 Å². The zero-order valence-corrected chi connectivity index (χ0v) is 20.8. The molecule has 0 fully saturated rings. The van der Waals surface area contributed by atoms with Gasteiger partial charge in [-0.05, 0) is 0 Å². The van der Waals surface area contributed by atoms with Gasteiger partial charge in [0.05, 0.1) is 0 Å². The molecule has 1 aliphatic rings. The van der Waals surface area contributed by atoms with Gasteiger partial charge in [-0.2, -0.15) is 0 Å². The zero-order chi connectivity index (χ0) is 21.1. The summed E-state index contributed by atoms with van der Waals surface area (Å²) < 4.78 is 12.7. The third-order valence-electron chi connectivity index (χ3n) is 5.69. The number of anilines is 1. The van der Waals surface area contributed by atoms with Gasteiger partial charge in [0.1, 0.15) is 0 Å². The summed E-state index contributed by atoms with van der Waals surface area (Å²) in [6.07, 6.45) is 0. The van der Waals surface area contributed by atoms with Gasteiger partial charge < -0.3 is 0 Å². The van der Waals surface area contributed by atoms with Crippen LogP contribution >= 0.6 is 0 Å². The fourth-order valence-corrected chi connectivity index (χ4v) is 9.49. The number of benzene rings is 3. The van der Waals surface area contributed by atoms with Crippen LogP contribution in [0.25, 0.3) is 0 Å². The summed E-state index contributed by atoms with van der Waals surface area (Å²) in [4.78, 5) is 13.9. The minimum atomic E-state index is -0.980. The molecule has 0 amide bonds. The predicted molar refractivity (Wildman–Crippen MR) is 121 cm³/mol. The molecule has 3 aromatic carbocycles. The number of ketones is 1. The van der Waals surface area contributed by atoms with Gasteiger partial charge in [-0.25, -0.2) is 0 Å². The van der Waals surface area contributed by atoms with E-state index in [2.05, 4.69) is 36.5 Å². The number of carbonyl (C=O) groups is 1. The van der Waals surface area contributed by atoms with Crippen LogP contribution in [-0.2, 0) is 4.79 Å². The quantitative estimate of drug-likeness (QED) is 0.522. The minimum absolute atomic E-state index is 0.0485. The van der Waals surface area contributed by atoms with Crippen LogP contribution in [0.15, 0.2) is 72.8 Å². The van der Waals surface area contributed by atoms with E-state index in [-0.39, 0.29) is 11.7 Å². The third kappa shape index (κ3) is 4.22. The Bertz CT molecular complexity index is 1020. The summed E-state index contributed by atoms with van der Waals surface area (Å²) in [6.45, 7) is 2.25. The van der Waals surface area contributed by atoms with Crippen molar-refractivity contribution in [1.82, 2.24) is 0 Å². The van der Waals surface area contributed by atoms with Crippen molar-refractivity contribution in [2.45, 2.75) is 22.6 Å². The molecule has 3 atom stereocenters. The molecule has 0 bridgehead atoms. The van der Waals surface area contributed by atoms with Crippen molar-refractivity contribution in [3.8, 4) is 11.5 Å². The molecule has 1 radical (unpaired) electrons. The molecule has 1 heterocycles. The monoisotopic (exact) mass is 502 g/mol. The Morgan fingerprint density at radius 2 is 1.57 bits per heavy atom. The second kappa shape index (κ2) is 9.17. The molecule has 4 rings (SSSR count). The third-order valence-corrected chi connectivity index (χ3v) is 10.8. The average molecular weight is 502 g/mol. The molecule has 0 spiro atoms. The molecule has 0 aliphatic carbocycles. The van der Waals surface area contributed by atoms with Crippen molar-refractivity contribution in [1.29, 1.82) is 0 Å². The molecule has 1 aliphatic heterocycles. The van der Waals surface area contributed by atoms with E-state index in [1.807, 2.05) is 48.5 Å². The van der Waals surface area contributed by atoms with E-state index in [0.29, 0.717) is 15.2 Å². The van der Waals surface area contributed by atoms with E-state index in [1.54, 1.807) is 14.2 Å². The first-order valence-electron chi connectivity index (χ1n) is 10.1. The fraction of sp³-hybridized carbons (Fsp3) is 0.240. The number of methoxy groups -OCH3 is 2. The molecule has 0 saturated carbocycles. The molecular weight excluding hydrogens is 477 g/mol. The Labute approximate surface area is 189 Å². The fourth-order valence-electron chi connectivity index (χ4n) is 4.22. The van der Waals surface area contributed by atoms with Crippen LogP contribution in [0.2, 0.25) is 3.67 Å². The van der Waals surface area contributed by atoms with Crippen molar-refractivity contribution in [3.63, 3.8) is 0 Å². The number of fused-ring (bicyclic) bond motifs is 1. The SMILES string of the molecule is COc1cc(NC(C(=O)C2c3cccc[c]3[In][CH]2C)c2ccccc2)cc(OC)c1. The molecule has 0 saturated heterocycles. The average Bonchev–Trinajstić information content (AvgIpc) is 3.13. The standard InChI is InChI=1S/C25H25NO3.In/c1-4-23(18-11-7-5-8-12-18)25(27)24(19-13-9-6-10-14-19)26-20-15-21(28-2)17-22(16-20)29-3;/h4-11,13-17,23-24,26H,1-3H3;. The van der Waals surface area contributed by atoms with Gasteiger partial charge in [0, 0.05) is 0 Å². The maximum atomic E-state index is 13.9. The Balaban J connectivity index is 1.72. The molecule has 3 unspecified atom stereocenters. The number of nitrogens with one attached hydrogen (secondary N) is 1. The molecule has 0 aromatic heterocycles. The Morgan fingerprint density at radius 3 is 2.23 bits per heavy atom. The van der Waals surface area contributed by atoms with E-state index >= 15 is 0 Å². The summed E-state index contributed by atoms with van der Waals surface area (Å²) in [5, 5.41) is 3.48. The number of ether oxygens (including phenoxy) is 2. The number of hydrogen-bond donors (Lipinski definition) is 1. The van der Waals surface area contributed by atoms with Crippen molar-refractivity contribution >= 4 is 37.7 Å². The summed E-state index contributed by atoms with van der Waals surface area (Å²) in [7, 11) is 3.25. The van der Waals surface area contributed by atoms with Gasteiger partial charge in [0.25, 0.3) is 0 Å². The van der Waals surface area contributed by atoms with Crippen LogP contribution < -0.4 is 18.1 Å². The Morgan fingerprint density at radius 1 is 0.933 bits per heavy atom. The van der Waals surface area contributed by atoms with Crippen LogP contribution in [0, 0.1) is 0 Å². The first-order valence-corrected chi connectivity index (χ1v) is 13.7. The van der Waals surface area contributed by atoms with Gasteiger partial charge in [0.15, 0.2) is 0 Å². The summed E-state index contributed by atoms with van der Waals surface area (Å²) in [6, 6.07) is 23.7. The van der Waals surface area contributed by atoms with Gasteiger partial charge in [0.2, 0.25) is 0 Å². The van der Waals surface area contributed by atoms with Crippen LogP contribution in [0.5, 0.6) is 11.5 Å². The molecule has 5 heteroatoms. The molecule has 151 valence electrons. The van der Waals surface area contributed by atoms with Crippen LogP contribution in [0.3, 0.4) is 0 Å². The predicted octanol–water partition coefficient (Wildman–Crippen LogP) is 4.36. The van der Waals surface area contributed by atoms with E-state index in [0.717, 1.165) is 11.3 Å². The van der Waals surface area contributed by atoms with E-state index in [4.69, 9.17) is 9.47 Å². The van der Waals surface area contributed by atoms with Crippen LogP contribution in [-0.4, -0.2) is 42.9 Å². The molecule has 1 N–H and O–H groups in total. The summed E-state index contributed by atoms with van der Waals surface area (Å²) in [5.74, 6) is 1.55. The number of Topliss-reactive ketones (excluding diaryl/α,β-unsaturated/α-hetero) is 1. The maximum absolute atomic E-state index is 13.9. The van der Waals surface area contributed by atoms with Crippen LogP contribution in [0.1, 0.15) is 30.0 Å². The van der Waals surface area contributed by atoms with Crippen molar-refractivity contribution in [3.05, 3.63) is 83.9 Å². The first-order chi connectivity index (χ1) is 14.6. The van der Waals surface area contributed by atoms with Gasteiger partial charge in [-0.15, -0.1) is 0 Å². The molecule has 4 nitrogen and oxygen atoms in total. The number of rotatable bonds is 7. The normalized spacial score (nSPS) is 18.1. The van der Waals surface area contributed by atoms with Gasteiger partial charge in [-0.3, -0.25) is 0 Å². The Hall–Kier alpha value is -2.40. The second-order valence-electron chi connectivity index (χ2n) is 7.62. The molecular formula is C25H25InNO3. The van der Waals surface area contributed by atoms with Crippen molar-refractivity contribution in [2.24, 2.45) is 0 Å². The summed E-state index contributed by atoms with van der Waals surface area (Å²) >= 11 is -0.980. The summed E-state index contributed by atoms with van der Waals surface area (Å²) in [5.41, 5.74) is 3.00. The van der Waals surface area contributed by atoms with E-state index in [1.165, 1.54) is 8.88 Å². The zero-order valence-electron chi connectivity index (χ0n) is 17.5. The van der Waals surface area contributed by atoms with Gasteiger partial charge >= 0.3 is 189 Å². The Kier molecular flexibility index (Phi) is 6.38. The second-order valence-corrected chi connectivity index (χ2v) is 13.4. The molecule has 30 heavy (non-hydrogen) atoms. The number of hydrogen-bond acceptors (Lipinski definition) is 4.